The summed E-state index contributed by atoms with van der Waals surface area (Å²) in [4.78, 5) is 18.0. The Morgan fingerprint density at radius 2 is 1.50 bits per heavy atom. The van der Waals surface area contributed by atoms with Crippen molar-refractivity contribution in [2.45, 2.75) is 24.6 Å². The van der Waals surface area contributed by atoms with E-state index in [0.717, 1.165) is 43.9 Å². The van der Waals surface area contributed by atoms with E-state index >= 15 is 0 Å². The van der Waals surface area contributed by atoms with Crippen molar-refractivity contribution >= 4 is 15.9 Å². The molecule has 0 radical (unpaired) electrons. The van der Waals surface area contributed by atoms with Crippen molar-refractivity contribution in [3.8, 4) is 0 Å². The van der Waals surface area contributed by atoms with Gasteiger partial charge in [-0.15, -0.1) is 0 Å². The van der Waals surface area contributed by atoms with Crippen LogP contribution in [-0.2, 0) is 20.6 Å². The smallest absolute Gasteiger partial charge is 0.223 e. The lowest BCUT2D eigenvalue weighted by Crippen LogP contribution is -2.49. The average molecular weight is 485 g/mol. The van der Waals surface area contributed by atoms with Gasteiger partial charge >= 0.3 is 0 Å². The molecule has 1 unspecified atom stereocenters. The summed E-state index contributed by atoms with van der Waals surface area (Å²) in [6.07, 6.45) is 1.10. The fourth-order valence-electron chi connectivity index (χ4n) is 4.77. The van der Waals surface area contributed by atoms with Gasteiger partial charge in [0.15, 0.2) is 0 Å². The van der Waals surface area contributed by atoms with Crippen LogP contribution in [0, 0.1) is 5.92 Å². The van der Waals surface area contributed by atoms with E-state index in [-0.39, 0.29) is 23.6 Å². The molecule has 1 atom stereocenters. The van der Waals surface area contributed by atoms with Crippen LogP contribution in [-0.4, -0.2) is 81.3 Å². The minimum atomic E-state index is -3.38. The molecule has 1 N–H and O–H groups in total. The van der Waals surface area contributed by atoms with Crippen LogP contribution >= 0.6 is 0 Å². The molecule has 2 saturated heterocycles. The van der Waals surface area contributed by atoms with Crippen LogP contribution in [0.5, 0.6) is 0 Å². The molecule has 0 bridgehead atoms. The third-order valence-corrected chi connectivity index (χ3v) is 8.82. The Labute approximate surface area is 203 Å². The lowest BCUT2D eigenvalue weighted by molar-refractivity contribution is -0.127. The summed E-state index contributed by atoms with van der Waals surface area (Å²) in [5, 5.41) is 3.29. The number of carbonyl (C=O) groups is 1. The second-order valence-electron chi connectivity index (χ2n) is 9.49. The number of hydrogen-bond acceptors (Lipinski definition) is 5. The molecule has 0 aromatic heterocycles. The SMILES string of the molecule is CN1CCN(CC(NC(=O)C2CCN(S(=O)(=O)Cc3ccccc3)CC2)c2ccccc2)CC1. The average Bonchev–Trinajstić information content (AvgIpc) is 2.86. The number of hydrogen-bond donors (Lipinski definition) is 1. The molecule has 2 heterocycles. The summed E-state index contributed by atoms with van der Waals surface area (Å²) in [6.45, 7) is 5.62. The first-order valence-electron chi connectivity index (χ1n) is 12.2. The van der Waals surface area contributed by atoms with E-state index in [9.17, 15) is 13.2 Å². The molecule has 184 valence electrons. The Kier molecular flexibility index (Phi) is 8.37. The maximum absolute atomic E-state index is 13.2. The van der Waals surface area contributed by atoms with Crippen LogP contribution in [0.25, 0.3) is 0 Å². The highest BCUT2D eigenvalue weighted by Crippen LogP contribution is 2.24. The number of amides is 1. The molecule has 8 heteroatoms. The van der Waals surface area contributed by atoms with Gasteiger partial charge in [0.05, 0.1) is 11.8 Å². The first-order valence-corrected chi connectivity index (χ1v) is 13.8. The van der Waals surface area contributed by atoms with Gasteiger partial charge in [0.1, 0.15) is 0 Å². The minimum Gasteiger partial charge on any atom is -0.348 e. The van der Waals surface area contributed by atoms with Crippen LogP contribution in [0.4, 0.5) is 0 Å². The number of sulfonamides is 1. The number of nitrogens with zero attached hydrogens (tertiary/aromatic N) is 3. The maximum Gasteiger partial charge on any atom is 0.223 e. The molecule has 1 amide bonds. The van der Waals surface area contributed by atoms with Crippen molar-refractivity contribution in [2.24, 2.45) is 5.92 Å². The van der Waals surface area contributed by atoms with Gasteiger partial charge in [-0.3, -0.25) is 9.69 Å². The summed E-state index contributed by atoms with van der Waals surface area (Å²) in [6, 6.07) is 19.3. The van der Waals surface area contributed by atoms with Crippen LogP contribution in [0.1, 0.15) is 30.0 Å². The van der Waals surface area contributed by atoms with Crippen molar-refractivity contribution in [2.75, 3.05) is 52.9 Å². The first kappa shape index (κ1) is 24.9. The number of piperazine rings is 1. The van der Waals surface area contributed by atoms with E-state index in [0.29, 0.717) is 25.9 Å². The van der Waals surface area contributed by atoms with Crippen molar-refractivity contribution < 1.29 is 13.2 Å². The molecular formula is C26H36N4O3S. The molecule has 2 aliphatic heterocycles. The standard InChI is InChI=1S/C26H36N4O3S/c1-28-16-18-29(19-17-28)20-25(23-10-6-3-7-11-23)27-26(31)24-12-14-30(15-13-24)34(32,33)21-22-8-4-2-5-9-22/h2-11,24-25H,12-21H2,1H3,(H,27,31). The van der Waals surface area contributed by atoms with E-state index in [2.05, 4.69) is 34.3 Å². The normalized spacial score (nSPS) is 20.1. The predicted octanol–water partition coefficient (Wildman–Crippen LogP) is 2.33. The second-order valence-corrected chi connectivity index (χ2v) is 11.5. The van der Waals surface area contributed by atoms with Crippen molar-refractivity contribution in [3.05, 3.63) is 71.8 Å². The molecular weight excluding hydrogens is 448 g/mol. The van der Waals surface area contributed by atoms with Crippen LogP contribution in [0.15, 0.2) is 60.7 Å². The summed E-state index contributed by atoms with van der Waals surface area (Å²) in [5.74, 6) is -0.129. The molecule has 0 saturated carbocycles. The number of carbonyl (C=O) groups excluding carboxylic acids is 1. The second kappa shape index (κ2) is 11.4. The van der Waals surface area contributed by atoms with Crippen LogP contribution in [0.3, 0.4) is 0 Å². The highest BCUT2D eigenvalue weighted by Gasteiger charge is 2.32. The van der Waals surface area contributed by atoms with Gasteiger partial charge in [0, 0.05) is 51.7 Å². The number of piperidine rings is 1. The molecule has 2 aromatic rings. The fourth-order valence-corrected chi connectivity index (χ4v) is 6.33. The number of nitrogens with one attached hydrogen (secondary N) is 1. The maximum atomic E-state index is 13.2. The molecule has 7 nitrogen and oxygen atoms in total. The topological polar surface area (TPSA) is 73.0 Å². The molecule has 2 fully saturated rings. The van der Waals surface area contributed by atoms with Gasteiger partial charge < -0.3 is 10.2 Å². The first-order chi connectivity index (χ1) is 16.4. The van der Waals surface area contributed by atoms with Gasteiger partial charge in [-0.25, -0.2) is 12.7 Å². The predicted molar refractivity (Wildman–Crippen MR) is 135 cm³/mol. The minimum absolute atomic E-state index is 0.00576. The van der Waals surface area contributed by atoms with E-state index in [4.69, 9.17) is 0 Å². The number of benzene rings is 2. The van der Waals surface area contributed by atoms with E-state index in [1.165, 1.54) is 0 Å². The Morgan fingerprint density at radius 3 is 2.12 bits per heavy atom. The quantitative estimate of drug-likeness (QED) is 0.623. The van der Waals surface area contributed by atoms with Gasteiger partial charge in [-0.05, 0) is 31.0 Å². The molecule has 2 aromatic carbocycles. The fraction of sp³-hybridized carbons (Fsp3) is 0.500. The molecule has 0 aliphatic carbocycles. The Bertz CT molecular complexity index is 1020. The number of likely N-dealkylation sites (N-methyl/N-ethyl adjacent to an activating group) is 1. The summed E-state index contributed by atoms with van der Waals surface area (Å²) in [5.41, 5.74) is 1.90. The van der Waals surface area contributed by atoms with Gasteiger partial charge in [-0.2, -0.15) is 0 Å². The number of rotatable bonds is 8. The molecule has 34 heavy (non-hydrogen) atoms. The van der Waals surface area contributed by atoms with E-state index in [1.54, 1.807) is 4.31 Å². The van der Waals surface area contributed by atoms with Crippen molar-refractivity contribution in [1.82, 2.24) is 19.4 Å². The zero-order chi connectivity index (χ0) is 24.0. The Hall–Kier alpha value is -2.26. The van der Waals surface area contributed by atoms with E-state index in [1.807, 2.05) is 48.5 Å². The van der Waals surface area contributed by atoms with Crippen molar-refractivity contribution in [3.63, 3.8) is 0 Å². The van der Waals surface area contributed by atoms with Crippen LogP contribution < -0.4 is 5.32 Å². The zero-order valence-corrected chi connectivity index (χ0v) is 20.8. The Morgan fingerprint density at radius 1 is 0.912 bits per heavy atom. The summed E-state index contributed by atoms with van der Waals surface area (Å²) < 4.78 is 27.3. The Balaban J connectivity index is 1.34. The zero-order valence-electron chi connectivity index (χ0n) is 20.0. The third kappa shape index (κ3) is 6.66. The summed E-state index contributed by atoms with van der Waals surface area (Å²) >= 11 is 0. The highest BCUT2D eigenvalue weighted by molar-refractivity contribution is 7.88. The monoisotopic (exact) mass is 484 g/mol. The van der Waals surface area contributed by atoms with Gasteiger partial charge in [-0.1, -0.05) is 60.7 Å². The lowest BCUT2D eigenvalue weighted by atomic mass is 9.96. The lowest BCUT2D eigenvalue weighted by Gasteiger charge is -2.36. The third-order valence-electron chi connectivity index (χ3n) is 6.97. The summed E-state index contributed by atoms with van der Waals surface area (Å²) in [7, 11) is -1.25. The van der Waals surface area contributed by atoms with E-state index < -0.39 is 10.0 Å². The molecule has 0 spiro atoms. The van der Waals surface area contributed by atoms with Crippen LogP contribution in [0.2, 0.25) is 0 Å². The highest BCUT2D eigenvalue weighted by atomic mass is 32.2. The van der Waals surface area contributed by atoms with Crippen molar-refractivity contribution in [1.29, 1.82) is 0 Å². The largest absolute Gasteiger partial charge is 0.348 e. The van der Waals surface area contributed by atoms with Gasteiger partial charge in [0.2, 0.25) is 15.9 Å². The van der Waals surface area contributed by atoms with Gasteiger partial charge in [0.25, 0.3) is 0 Å². The molecule has 4 rings (SSSR count). The molecule has 2 aliphatic rings.